The van der Waals surface area contributed by atoms with E-state index in [2.05, 4.69) is 14.7 Å². The molecule has 3 heterocycles. The Labute approximate surface area is 179 Å². The molecule has 0 N–H and O–H groups in total. The van der Waals surface area contributed by atoms with Gasteiger partial charge in [0.05, 0.1) is 17.3 Å². The average molecular weight is 534 g/mol. The van der Waals surface area contributed by atoms with Crippen LogP contribution in [0.5, 0.6) is 0 Å². The van der Waals surface area contributed by atoms with Gasteiger partial charge in [0.1, 0.15) is 6.73 Å². The summed E-state index contributed by atoms with van der Waals surface area (Å²) in [5.41, 5.74) is 0.743. The van der Waals surface area contributed by atoms with Crippen LogP contribution in [-0.2, 0) is 17.7 Å². The Kier molecular flexibility index (Phi) is 5.88. The molecule has 4 rings (SSSR count). The van der Waals surface area contributed by atoms with Gasteiger partial charge in [0.25, 0.3) is 0 Å². The molecular weight excluding hydrogens is 516 g/mol. The largest absolute Gasteiger partial charge is 0.416 e. The zero-order chi connectivity index (χ0) is 21.3. The van der Waals surface area contributed by atoms with Gasteiger partial charge in [-0.3, -0.25) is 9.40 Å². The van der Waals surface area contributed by atoms with Crippen molar-refractivity contribution in [1.82, 2.24) is 22.6 Å². The predicted octanol–water partition coefficient (Wildman–Crippen LogP) is 2.49. The second-order valence-electron chi connectivity index (χ2n) is 6.57. The number of benzene rings is 1. The summed E-state index contributed by atoms with van der Waals surface area (Å²) in [6, 6.07) is 7.01. The van der Waals surface area contributed by atoms with Gasteiger partial charge in [-0.25, -0.2) is 7.58 Å². The van der Waals surface area contributed by atoms with Gasteiger partial charge in [-0.05, 0) is 28.8 Å². The van der Waals surface area contributed by atoms with Crippen LogP contribution in [0.2, 0.25) is 0 Å². The fraction of sp³-hybridized carbons (Fsp3) is 0.333. The normalized spacial score (nSPS) is 15.8. The number of fused-ring (bicyclic) bond motifs is 1. The predicted molar refractivity (Wildman–Crippen MR) is 115 cm³/mol. The minimum Gasteiger partial charge on any atom is -0.369 e. The molecule has 0 atom stereocenters. The van der Waals surface area contributed by atoms with E-state index in [-0.39, 0.29) is 12.4 Å². The Hall–Kier alpha value is -2.32. The summed E-state index contributed by atoms with van der Waals surface area (Å²) in [6.45, 7) is 2.01. The number of hydrogen-bond donors (Lipinski definition) is 0. The zero-order valence-electron chi connectivity index (χ0n) is 15.7. The Bertz CT molecular complexity index is 1120. The third kappa shape index (κ3) is 4.11. The van der Waals surface area contributed by atoms with Crippen LogP contribution in [0.3, 0.4) is 0 Å². The molecule has 30 heavy (non-hydrogen) atoms. The van der Waals surface area contributed by atoms with E-state index in [9.17, 15) is 18.0 Å². The van der Waals surface area contributed by atoms with Crippen molar-refractivity contribution in [2.24, 2.45) is 0 Å². The molecule has 1 aliphatic rings. The lowest BCUT2D eigenvalue weighted by Crippen LogP contribution is -2.46. The Morgan fingerprint density at radius 3 is 2.63 bits per heavy atom. The number of rotatable bonds is 5. The van der Waals surface area contributed by atoms with Crippen LogP contribution in [0.15, 0.2) is 41.3 Å². The zero-order valence-corrected chi connectivity index (χ0v) is 17.9. The molecule has 1 fully saturated rings. The molecule has 0 amide bonds. The van der Waals surface area contributed by atoms with Crippen molar-refractivity contribution < 1.29 is 18.0 Å². The summed E-state index contributed by atoms with van der Waals surface area (Å²) < 4.78 is 45.7. The van der Waals surface area contributed by atoms with Gasteiger partial charge in [-0.2, -0.15) is 23.3 Å². The molecular formula is C18H18F3IN6O2. The van der Waals surface area contributed by atoms with Gasteiger partial charge in [0.2, 0.25) is 0 Å². The number of piperazine rings is 1. The molecule has 1 aliphatic heterocycles. The maximum absolute atomic E-state index is 12.9. The number of hydroxylamine groups is 2. The first kappa shape index (κ1) is 20.9. The highest BCUT2D eigenvalue weighted by molar-refractivity contribution is 14.2. The number of hydrogen-bond acceptors (Lipinski definition) is 6. The van der Waals surface area contributed by atoms with E-state index in [1.54, 1.807) is 17.2 Å². The summed E-state index contributed by atoms with van der Waals surface area (Å²) in [6.07, 6.45) is -2.86. The van der Waals surface area contributed by atoms with Crippen molar-refractivity contribution in [3.05, 3.63) is 52.6 Å². The second kappa shape index (κ2) is 8.43. The average Bonchev–Trinajstić information content (AvgIpc) is 3.02. The van der Waals surface area contributed by atoms with Gasteiger partial charge < -0.3 is 4.90 Å². The number of aromatic nitrogens is 4. The smallest absolute Gasteiger partial charge is 0.369 e. The number of anilines is 1. The van der Waals surface area contributed by atoms with E-state index in [0.29, 0.717) is 43.0 Å². The molecule has 8 nitrogen and oxygen atoms in total. The maximum atomic E-state index is 12.9. The molecule has 0 bridgehead atoms. The van der Waals surface area contributed by atoms with E-state index in [0.717, 1.165) is 12.1 Å². The highest BCUT2D eigenvalue weighted by Crippen LogP contribution is 2.31. The molecule has 1 aromatic carbocycles. The van der Waals surface area contributed by atoms with Crippen LogP contribution in [0, 0.1) is 0 Å². The van der Waals surface area contributed by atoms with Crippen LogP contribution in [0.25, 0.3) is 11.2 Å². The van der Waals surface area contributed by atoms with E-state index in [1.165, 1.54) is 19.6 Å². The topological polar surface area (TPSA) is 68.4 Å². The number of imidazole rings is 1. The highest BCUT2D eigenvalue weighted by atomic mass is 127. The SMILES string of the molecule is C=In1c(=O)n(CON2CCN(c3cccc(C(F)(F)F)c3)CC2)c2ccnnc21. The summed E-state index contributed by atoms with van der Waals surface area (Å²) >= 11 is -0.789. The molecule has 0 spiro atoms. The quantitative estimate of drug-likeness (QED) is 0.469. The Morgan fingerprint density at radius 1 is 1.17 bits per heavy atom. The summed E-state index contributed by atoms with van der Waals surface area (Å²) in [5.74, 6) is 0. The van der Waals surface area contributed by atoms with Crippen molar-refractivity contribution in [3.63, 3.8) is 0 Å². The minimum absolute atomic E-state index is 0.0152. The Balaban J connectivity index is 1.41. The van der Waals surface area contributed by atoms with Crippen LogP contribution in [-0.4, -0.2) is 53.3 Å². The first-order valence-corrected chi connectivity index (χ1v) is 11.5. The van der Waals surface area contributed by atoms with Crippen molar-refractivity contribution in [1.29, 1.82) is 0 Å². The summed E-state index contributed by atoms with van der Waals surface area (Å²) in [4.78, 5) is 20.3. The molecule has 0 radical (unpaired) electrons. The van der Waals surface area contributed by atoms with Crippen molar-refractivity contribution >= 4 is 42.4 Å². The number of nitrogens with zero attached hydrogens (tertiary/aromatic N) is 6. The lowest BCUT2D eigenvalue weighted by Gasteiger charge is -2.35. The number of alkyl halides is 3. The van der Waals surface area contributed by atoms with E-state index < -0.39 is 32.7 Å². The van der Waals surface area contributed by atoms with Gasteiger partial charge in [0.15, 0.2) is 5.65 Å². The maximum Gasteiger partial charge on any atom is 0.416 e. The van der Waals surface area contributed by atoms with Crippen LogP contribution in [0.1, 0.15) is 5.56 Å². The molecule has 0 unspecified atom stereocenters. The lowest BCUT2D eigenvalue weighted by atomic mass is 10.1. The summed E-state index contributed by atoms with van der Waals surface area (Å²) in [7, 11) is 0. The minimum atomic E-state index is -4.37. The lowest BCUT2D eigenvalue weighted by molar-refractivity contribution is -0.189. The molecule has 3 aromatic rings. The molecule has 0 aliphatic carbocycles. The summed E-state index contributed by atoms with van der Waals surface area (Å²) in [5, 5.41) is 9.56. The van der Waals surface area contributed by atoms with Crippen LogP contribution in [0.4, 0.5) is 18.9 Å². The van der Waals surface area contributed by atoms with Crippen LogP contribution < -0.4 is 10.6 Å². The van der Waals surface area contributed by atoms with Crippen molar-refractivity contribution in [2.75, 3.05) is 31.1 Å². The first-order chi connectivity index (χ1) is 14.4. The molecule has 0 saturated carbocycles. The van der Waals surface area contributed by atoms with E-state index in [4.69, 9.17) is 4.84 Å². The third-order valence-electron chi connectivity index (χ3n) is 4.82. The Morgan fingerprint density at radius 2 is 1.93 bits per heavy atom. The fourth-order valence-electron chi connectivity index (χ4n) is 3.29. The highest BCUT2D eigenvalue weighted by Gasteiger charge is 2.31. The standard InChI is InChI=1S/C18H18F3IN6O2/c1-22-28-16-15(5-6-23-24-16)27(17(28)29)12-30-26-9-7-25(8-10-26)14-4-2-3-13(11-14)18(19,20)21/h2-6,11H,1,7-10,12H2. The van der Waals surface area contributed by atoms with Gasteiger partial charge in [0, 0.05) is 52.9 Å². The van der Waals surface area contributed by atoms with Gasteiger partial charge >= 0.3 is 11.9 Å². The van der Waals surface area contributed by atoms with Crippen molar-refractivity contribution in [2.45, 2.75) is 12.9 Å². The monoisotopic (exact) mass is 534 g/mol. The molecule has 160 valence electrons. The van der Waals surface area contributed by atoms with Crippen molar-refractivity contribution in [3.8, 4) is 0 Å². The number of halogens is 4. The molecule has 1 saturated heterocycles. The van der Waals surface area contributed by atoms with Crippen LogP contribution >= 0.6 is 21.0 Å². The van der Waals surface area contributed by atoms with Gasteiger partial charge in [-0.15, -0.1) is 5.10 Å². The van der Waals surface area contributed by atoms with E-state index in [1.807, 2.05) is 4.90 Å². The van der Waals surface area contributed by atoms with E-state index >= 15 is 0 Å². The second-order valence-corrected chi connectivity index (χ2v) is 8.22. The molecule has 12 heteroatoms. The van der Waals surface area contributed by atoms with Gasteiger partial charge in [-0.1, -0.05) is 6.07 Å². The third-order valence-corrected chi connectivity index (χ3v) is 6.37. The molecule has 2 aromatic heterocycles. The fourth-order valence-corrected chi connectivity index (χ4v) is 4.51. The first-order valence-electron chi connectivity index (χ1n) is 9.00.